The monoisotopic (exact) mass is 392 g/mol. The maximum Gasteiger partial charge on any atom is 0.223 e. The van der Waals surface area contributed by atoms with Gasteiger partial charge in [-0.1, -0.05) is 35.3 Å². The van der Waals surface area contributed by atoms with Crippen LogP contribution in [-0.4, -0.2) is 29.1 Å². The van der Waals surface area contributed by atoms with Crippen LogP contribution in [0.25, 0.3) is 0 Å². The van der Waals surface area contributed by atoms with Crippen molar-refractivity contribution < 1.29 is 0 Å². The van der Waals surface area contributed by atoms with Gasteiger partial charge < -0.3 is 10.6 Å². The zero-order valence-electron chi connectivity index (χ0n) is 14.3. The molecule has 2 aliphatic heterocycles. The summed E-state index contributed by atoms with van der Waals surface area (Å²) in [6, 6.07) is 10.7. The molecule has 2 atom stereocenters. The molecule has 0 bridgehead atoms. The van der Waals surface area contributed by atoms with Crippen molar-refractivity contribution in [1.29, 1.82) is 0 Å². The van der Waals surface area contributed by atoms with Crippen LogP contribution in [0.3, 0.4) is 0 Å². The highest BCUT2D eigenvalue weighted by molar-refractivity contribution is 6.30. The lowest BCUT2D eigenvalue weighted by atomic mass is 9.86. The summed E-state index contributed by atoms with van der Waals surface area (Å²) in [6.07, 6.45) is 3.29. The Morgan fingerprint density at radius 1 is 1.04 bits per heavy atom. The molecule has 0 aliphatic carbocycles. The van der Waals surface area contributed by atoms with Crippen molar-refractivity contribution in [2.75, 3.05) is 23.7 Å². The first-order chi connectivity index (χ1) is 12.6. The fourth-order valence-electron chi connectivity index (χ4n) is 3.92. The number of nitrogens with two attached hydrogens (primary N) is 1. The van der Waals surface area contributed by atoms with E-state index in [0.29, 0.717) is 23.2 Å². The number of benzene rings is 1. The number of piperidine rings is 1. The predicted octanol–water partition coefficient (Wildman–Crippen LogP) is 3.19. The molecule has 26 heavy (non-hydrogen) atoms. The van der Waals surface area contributed by atoms with Crippen LogP contribution in [0.4, 0.5) is 11.8 Å². The van der Waals surface area contributed by atoms with E-state index in [1.807, 2.05) is 12.1 Å². The highest BCUT2D eigenvalue weighted by Gasteiger charge is 2.33. The van der Waals surface area contributed by atoms with Crippen molar-refractivity contribution in [3.8, 4) is 0 Å². The number of anilines is 2. The maximum atomic E-state index is 6.00. The molecule has 2 unspecified atom stereocenters. The number of halogens is 2. The Labute approximate surface area is 163 Å². The van der Waals surface area contributed by atoms with Gasteiger partial charge in [0, 0.05) is 36.3 Å². The molecule has 4 N–H and O–H groups in total. The average molecular weight is 393 g/mol. The fourth-order valence-corrected chi connectivity index (χ4v) is 4.23. The first-order valence-electron chi connectivity index (χ1n) is 8.90. The van der Waals surface area contributed by atoms with Crippen LogP contribution < -0.4 is 21.5 Å². The summed E-state index contributed by atoms with van der Waals surface area (Å²) in [6.45, 7) is 1.89. The van der Waals surface area contributed by atoms with E-state index in [1.165, 1.54) is 5.56 Å². The van der Waals surface area contributed by atoms with Crippen molar-refractivity contribution >= 4 is 35.0 Å². The predicted molar refractivity (Wildman–Crippen MR) is 105 cm³/mol. The minimum atomic E-state index is 0.224. The van der Waals surface area contributed by atoms with E-state index >= 15 is 0 Å². The third-order valence-electron chi connectivity index (χ3n) is 5.34. The minimum Gasteiger partial charge on any atom is -0.368 e. The molecule has 0 amide bonds. The Kier molecular flexibility index (Phi) is 5.18. The fraction of sp³-hybridized carbons (Fsp3) is 0.444. The van der Waals surface area contributed by atoms with Crippen molar-refractivity contribution in [2.45, 2.75) is 31.3 Å². The summed E-state index contributed by atoms with van der Waals surface area (Å²) in [7, 11) is 0. The van der Waals surface area contributed by atoms with Gasteiger partial charge in [0.05, 0.1) is 0 Å². The van der Waals surface area contributed by atoms with Gasteiger partial charge in [0.2, 0.25) is 5.95 Å². The highest BCUT2D eigenvalue weighted by atomic mass is 35.5. The zero-order valence-corrected chi connectivity index (χ0v) is 15.8. The number of hydrogen-bond acceptors (Lipinski definition) is 6. The third kappa shape index (κ3) is 3.88. The molecule has 2 aromatic rings. The topological polar surface area (TPSA) is 79.1 Å². The maximum absolute atomic E-state index is 6.00. The van der Waals surface area contributed by atoms with Crippen molar-refractivity contribution in [3.63, 3.8) is 0 Å². The van der Waals surface area contributed by atoms with Crippen LogP contribution in [0.2, 0.25) is 10.2 Å². The van der Waals surface area contributed by atoms with Gasteiger partial charge in [0.15, 0.2) is 0 Å². The van der Waals surface area contributed by atoms with Crippen molar-refractivity contribution in [1.82, 2.24) is 20.8 Å². The smallest absolute Gasteiger partial charge is 0.223 e. The Hall–Kier alpha value is -1.60. The molecule has 138 valence electrons. The largest absolute Gasteiger partial charge is 0.368 e. The molecule has 2 saturated heterocycles. The second kappa shape index (κ2) is 7.56. The highest BCUT2D eigenvalue weighted by Crippen LogP contribution is 2.32. The van der Waals surface area contributed by atoms with Gasteiger partial charge >= 0.3 is 0 Å². The Bertz CT molecular complexity index is 741. The zero-order chi connectivity index (χ0) is 18.1. The average Bonchev–Trinajstić information content (AvgIpc) is 3.12. The van der Waals surface area contributed by atoms with Crippen LogP contribution >= 0.6 is 23.2 Å². The van der Waals surface area contributed by atoms with Gasteiger partial charge in [0.1, 0.15) is 11.0 Å². The van der Waals surface area contributed by atoms with E-state index in [0.717, 1.165) is 43.2 Å². The second-order valence-electron chi connectivity index (χ2n) is 6.97. The molecule has 0 saturated carbocycles. The molecule has 8 heteroatoms. The number of hydrazine groups is 1. The van der Waals surface area contributed by atoms with E-state index in [9.17, 15) is 0 Å². The van der Waals surface area contributed by atoms with Crippen LogP contribution in [0.5, 0.6) is 0 Å². The van der Waals surface area contributed by atoms with Gasteiger partial charge in [-0.3, -0.25) is 10.9 Å². The lowest BCUT2D eigenvalue weighted by Gasteiger charge is -2.35. The van der Waals surface area contributed by atoms with E-state index < -0.39 is 0 Å². The standard InChI is InChI=1S/C18H22Cl2N6/c19-13-3-1-11(2-4-13)14-9-15(25-24-14)12-5-7-26(8-6-12)17-10-16(20)22-18(21)23-17/h1-4,10,12,14-15,24-25H,5-9H2,(H2,21,22,23). The van der Waals surface area contributed by atoms with E-state index in [4.69, 9.17) is 28.9 Å². The van der Waals surface area contributed by atoms with E-state index in [-0.39, 0.29) is 5.95 Å². The Morgan fingerprint density at radius 3 is 2.46 bits per heavy atom. The third-order valence-corrected chi connectivity index (χ3v) is 5.78. The molecule has 3 heterocycles. The van der Waals surface area contributed by atoms with Crippen LogP contribution in [0.15, 0.2) is 30.3 Å². The van der Waals surface area contributed by atoms with Gasteiger partial charge in [-0.15, -0.1) is 0 Å². The quantitative estimate of drug-likeness (QED) is 0.696. The Balaban J connectivity index is 1.34. The summed E-state index contributed by atoms with van der Waals surface area (Å²) in [4.78, 5) is 10.5. The second-order valence-corrected chi connectivity index (χ2v) is 7.79. The van der Waals surface area contributed by atoms with E-state index in [2.05, 4.69) is 37.9 Å². The minimum absolute atomic E-state index is 0.224. The van der Waals surface area contributed by atoms with Crippen LogP contribution in [-0.2, 0) is 0 Å². The lowest BCUT2D eigenvalue weighted by molar-refractivity contribution is 0.310. The number of nitrogen functional groups attached to an aromatic ring is 1. The normalized spacial score (nSPS) is 24.2. The summed E-state index contributed by atoms with van der Waals surface area (Å²) in [5.41, 5.74) is 13.9. The molecule has 4 rings (SSSR count). The van der Waals surface area contributed by atoms with Gasteiger partial charge in [-0.25, -0.2) is 4.98 Å². The molecular weight excluding hydrogens is 371 g/mol. The number of aromatic nitrogens is 2. The van der Waals surface area contributed by atoms with Crippen molar-refractivity contribution in [2.24, 2.45) is 5.92 Å². The van der Waals surface area contributed by atoms with Gasteiger partial charge in [-0.05, 0) is 42.9 Å². The molecular formula is C18H22Cl2N6. The summed E-state index contributed by atoms with van der Waals surface area (Å²) in [5, 5.41) is 1.16. The molecule has 6 nitrogen and oxygen atoms in total. The lowest BCUT2D eigenvalue weighted by Crippen LogP contribution is -2.43. The van der Waals surface area contributed by atoms with E-state index in [1.54, 1.807) is 6.07 Å². The van der Waals surface area contributed by atoms with Crippen LogP contribution in [0, 0.1) is 5.92 Å². The van der Waals surface area contributed by atoms with Gasteiger partial charge in [0.25, 0.3) is 0 Å². The summed E-state index contributed by atoms with van der Waals surface area (Å²) in [5.74, 6) is 1.67. The summed E-state index contributed by atoms with van der Waals surface area (Å²) >= 11 is 12.0. The van der Waals surface area contributed by atoms with Gasteiger partial charge in [-0.2, -0.15) is 4.98 Å². The molecule has 1 aromatic heterocycles. The number of nitrogens with zero attached hydrogens (tertiary/aromatic N) is 3. The number of hydrogen-bond donors (Lipinski definition) is 3. The van der Waals surface area contributed by atoms with Crippen molar-refractivity contribution in [3.05, 3.63) is 46.1 Å². The summed E-state index contributed by atoms with van der Waals surface area (Å²) < 4.78 is 0. The molecule has 2 fully saturated rings. The number of rotatable bonds is 3. The Morgan fingerprint density at radius 2 is 1.77 bits per heavy atom. The first kappa shape index (κ1) is 17.8. The SMILES string of the molecule is Nc1nc(Cl)cc(N2CCC(C3CC(c4ccc(Cl)cc4)NN3)CC2)n1. The first-order valence-corrected chi connectivity index (χ1v) is 9.65. The molecule has 2 aliphatic rings. The molecule has 1 aromatic carbocycles. The molecule has 0 spiro atoms. The van der Waals surface area contributed by atoms with Crippen LogP contribution in [0.1, 0.15) is 30.9 Å². The molecule has 0 radical (unpaired) electrons. The number of nitrogens with one attached hydrogen (secondary N) is 2.